The third kappa shape index (κ3) is 4.32. The molecule has 0 saturated carbocycles. The van der Waals surface area contributed by atoms with Crippen LogP contribution in [0.25, 0.3) is 5.69 Å². The number of nitrogens with zero attached hydrogens (tertiary/aromatic N) is 4. The van der Waals surface area contributed by atoms with Crippen LogP contribution in [0.5, 0.6) is 0 Å². The van der Waals surface area contributed by atoms with Crippen molar-refractivity contribution in [2.24, 2.45) is 0 Å². The number of pyridine rings is 1. The van der Waals surface area contributed by atoms with Crippen LogP contribution in [0.1, 0.15) is 29.8 Å². The van der Waals surface area contributed by atoms with Gasteiger partial charge in [-0.05, 0) is 42.3 Å². The zero-order valence-corrected chi connectivity index (χ0v) is 16.9. The van der Waals surface area contributed by atoms with Gasteiger partial charge in [0.1, 0.15) is 0 Å². The highest BCUT2D eigenvalue weighted by molar-refractivity contribution is 5.91. The Hall–Kier alpha value is -3.56. The van der Waals surface area contributed by atoms with Crippen molar-refractivity contribution in [2.45, 2.75) is 38.3 Å². The van der Waals surface area contributed by atoms with Crippen LogP contribution in [0, 0.1) is 0 Å². The summed E-state index contributed by atoms with van der Waals surface area (Å²) in [5.41, 5.74) is 3.30. The molecule has 0 fully saturated rings. The maximum atomic E-state index is 12.6. The minimum absolute atomic E-state index is 0.236. The van der Waals surface area contributed by atoms with E-state index in [1.54, 1.807) is 30.1 Å². The molecule has 9 heteroatoms. The maximum absolute atomic E-state index is 12.6. The van der Waals surface area contributed by atoms with Crippen LogP contribution in [-0.2, 0) is 22.7 Å². The monoisotopic (exact) mass is 421 g/mol. The van der Waals surface area contributed by atoms with Crippen molar-refractivity contribution in [1.29, 1.82) is 0 Å². The fraction of sp³-hybridized carbons (Fsp3) is 0.273. The van der Waals surface area contributed by atoms with Crippen molar-refractivity contribution >= 4 is 11.8 Å². The highest BCUT2D eigenvalue weighted by Gasteiger charge is 2.36. The molecule has 3 aromatic rings. The van der Waals surface area contributed by atoms with Crippen LogP contribution in [0.2, 0.25) is 0 Å². The summed E-state index contributed by atoms with van der Waals surface area (Å²) in [6, 6.07) is 12.4. The lowest BCUT2D eigenvalue weighted by molar-refractivity contribution is -0.153. The molecule has 2 aromatic heterocycles. The number of carbonyl (C=O) groups is 2. The lowest BCUT2D eigenvalue weighted by atomic mass is 10.1. The second-order valence-electron chi connectivity index (χ2n) is 7.47. The van der Waals surface area contributed by atoms with Gasteiger partial charge >= 0.3 is 0 Å². The summed E-state index contributed by atoms with van der Waals surface area (Å²) in [6.07, 6.45) is 1.40. The molecule has 0 bridgehead atoms. The van der Waals surface area contributed by atoms with Gasteiger partial charge in [-0.2, -0.15) is 5.10 Å². The Morgan fingerprint density at radius 3 is 2.48 bits per heavy atom. The molecule has 3 heterocycles. The third-order valence-corrected chi connectivity index (χ3v) is 5.34. The standard InChI is InChI=1S/C22H23N5O4/c1-14(15-5-7-17(8-6-15)27-11-3-10-24-27)25-21(30)19(28)20(29)22(31)26-12-16-4-2-9-23-18(16)13-26/h2-11,14,19-20,28-29H,12-13H2,1H3,(H,25,30)/t14-,19-,20-/m1/s1. The van der Waals surface area contributed by atoms with E-state index in [4.69, 9.17) is 0 Å². The zero-order chi connectivity index (χ0) is 22.0. The molecule has 0 aliphatic carbocycles. The van der Waals surface area contributed by atoms with Gasteiger partial charge < -0.3 is 20.4 Å². The number of benzene rings is 1. The smallest absolute Gasteiger partial charge is 0.255 e. The Bertz CT molecular complexity index is 1040. The first-order valence-electron chi connectivity index (χ1n) is 9.92. The summed E-state index contributed by atoms with van der Waals surface area (Å²) in [5, 5.41) is 27.4. The number of aliphatic hydroxyl groups is 2. The summed E-state index contributed by atoms with van der Waals surface area (Å²) in [4.78, 5) is 30.6. The quantitative estimate of drug-likeness (QED) is 0.539. The average Bonchev–Trinajstić information content (AvgIpc) is 3.47. The Labute approximate surface area is 179 Å². The van der Waals surface area contributed by atoms with E-state index in [1.807, 2.05) is 42.6 Å². The number of aromatic nitrogens is 3. The lowest BCUT2D eigenvalue weighted by Crippen LogP contribution is -2.50. The average molecular weight is 421 g/mol. The minimum atomic E-state index is -1.88. The number of amides is 2. The lowest BCUT2D eigenvalue weighted by Gasteiger charge is -2.24. The van der Waals surface area contributed by atoms with Crippen molar-refractivity contribution in [2.75, 3.05) is 0 Å². The van der Waals surface area contributed by atoms with Gasteiger partial charge in [-0.15, -0.1) is 0 Å². The number of carbonyl (C=O) groups excluding carboxylic acids is 2. The predicted molar refractivity (Wildman–Crippen MR) is 111 cm³/mol. The molecule has 0 unspecified atom stereocenters. The van der Waals surface area contributed by atoms with Gasteiger partial charge in [0.25, 0.3) is 11.8 Å². The SMILES string of the molecule is C[C@@H](NC(=O)[C@H](O)[C@@H](O)C(=O)N1Cc2cccnc2C1)c1ccc(-n2cccn2)cc1. The van der Waals surface area contributed by atoms with Crippen LogP contribution < -0.4 is 5.32 Å². The summed E-state index contributed by atoms with van der Waals surface area (Å²) in [5.74, 6) is -1.53. The van der Waals surface area contributed by atoms with Gasteiger partial charge in [-0.1, -0.05) is 18.2 Å². The second-order valence-corrected chi connectivity index (χ2v) is 7.47. The van der Waals surface area contributed by atoms with Crippen molar-refractivity contribution in [1.82, 2.24) is 25.0 Å². The predicted octanol–water partition coefficient (Wildman–Crippen LogP) is 0.709. The third-order valence-electron chi connectivity index (χ3n) is 5.34. The molecule has 1 aromatic carbocycles. The van der Waals surface area contributed by atoms with Crippen LogP contribution in [0.4, 0.5) is 0 Å². The van der Waals surface area contributed by atoms with Gasteiger partial charge in [-0.3, -0.25) is 14.6 Å². The van der Waals surface area contributed by atoms with Gasteiger partial charge in [0.15, 0.2) is 12.2 Å². The Morgan fingerprint density at radius 1 is 1.03 bits per heavy atom. The number of hydrogen-bond acceptors (Lipinski definition) is 6. The highest BCUT2D eigenvalue weighted by atomic mass is 16.3. The first-order valence-corrected chi connectivity index (χ1v) is 9.92. The van der Waals surface area contributed by atoms with E-state index in [1.165, 1.54) is 4.90 Å². The van der Waals surface area contributed by atoms with Gasteiger partial charge in [0.05, 0.1) is 24.0 Å². The van der Waals surface area contributed by atoms with Crippen LogP contribution in [-0.4, -0.2) is 53.9 Å². The van der Waals surface area contributed by atoms with E-state index >= 15 is 0 Å². The fourth-order valence-electron chi connectivity index (χ4n) is 3.54. The fourth-order valence-corrected chi connectivity index (χ4v) is 3.54. The van der Waals surface area contributed by atoms with Gasteiger partial charge in [-0.25, -0.2) is 4.68 Å². The molecule has 160 valence electrons. The molecule has 1 aliphatic rings. The largest absolute Gasteiger partial charge is 0.380 e. The van der Waals surface area contributed by atoms with Crippen LogP contribution in [0.15, 0.2) is 61.1 Å². The Morgan fingerprint density at radius 2 is 1.81 bits per heavy atom. The molecule has 2 amide bonds. The van der Waals surface area contributed by atoms with Crippen molar-refractivity contribution in [3.8, 4) is 5.69 Å². The summed E-state index contributed by atoms with van der Waals surface area (Å²) in [7, 11) is 0. The highest BCUT2D eigenvalue weighted by Crippen LogP contribution is 2.21. The summed E-state index contributed by atoms with van der Waals surface area (Å²) < 4.78 is 1.71. The van der Waals surface area contributed by atoms with Gasteiger partial charge in [0.2, 0.25) is 0 Å². The topological polar surface area (TPSA) is 121 Å². The Kier molecular flexibility index (Phi) is 5.79. The molecular weight excluding hydrogens is 398 g/mol. The molecule has 0 spiro atoms. The van der Waals surface area contributed by atoms with Crippen molar-refractivity contribution in [3.63, 3.8) is 0 Å². The molecule has 9 nitrogen and oxygen atoms in total. The van der Waals surface area contributed by atoms with E-state index in [9.17, 15) is 19.8 Å². The number of nitrogens with one attached hydrogen (secondary N) is 1. The van der Waals surface area contributed by atoms with E-state index in [0.29, 0.717) is 0 Å². The van der Waals surface area contributed by atoms with Crippen molar-refractivity contribution < 1.29 is 19.8 Å². The van der Waals surface area contributed by atoms with E-state index in [-0.39, 0.29) is 13.1 Å². The molecule has 3 N–H and O–H groups in total. The molecular formula is C22H23N5O4. The first-order chi connectivity index (χ1) is 14.9. The van der Waals surface area contributed by atoms with Crippen LogP contribution >= 0.6 is 0 Å². The van der Waals surface area contributed by atoms with Gasteiger partial charge in [0, 0.05) is 25.1 Å². The molecule has 0 saturated heterocycles. The summed E-state index contributed by atoms with van der Waals surface area (Å²) >= 11 is 0. The maximum Gasteiger partial charge on any atom is 0.255 e. The number of hydrogen-bond donors (Lipinski definition) is 3. The number of rotatable bonds is 6. The van der Waals surface area contributed by atoms with Crippen molar-refractivity contribution in [3.05, 3.63) is 77.9 Å². The molecule has 3 atom stereocenters. The number of aliphatic hydroxyl groups excluding tert-OH is 2. The van der Waals surface area contributed by atoms with E-state index in [0.717, 1.165) is 22.5 Å². The second kappa shape index (κ2) is 8.66. The number of fused-ring (bicyclic) bond motifs is 1. The first kappa shape index (κ1) is 20.7. The molecule has 31 heavy (non-hydrogen) atoms. The minimum Gasteiger partial charge on any atom is -0.380 e. The Balaban J connectivity index is 1.35. The zero-order valence-electron chi connectivity index (χ0n) is 16.9. The normalized spacial score (nSPS) is 15.8. The molecule has 1 aliphatic heterocycles. The molecule has 0 radical (unpaired) electrons. The van der Waals surface area contributed by atoms with E-state index in [2.05, 4.69) is 15.4 Å². The molecule has 4 rings (SSSR count). The summed E-state index contributed by atoms with van der Waals surface area (Å²) in [6.45, 7) is 2.27. The van der Waals surface area contributed by atoms with E-state index < -0.39 is 30.1 Å². The van der Waals surface area contributed by atoms with Crippen LogP contribution in [0.3, 0.4) is 0 Å².